The number of hydrogen-bond donors (Lipinski definition) is 2. The first-order valence-corrected chi connectivity index (χ1v) is 10.3. The van der Waals surface area contributed by atoms with Gasteiger partial charge >= 0.3 is 0 Å². The van der Waals surface area contributed by atoms with Gasteiger partial charge in [-0.25, -0.2) is 13.1 Å². The van der Waals surface area contributed by atoms with Crippen molar-refractivity contribution in [2.75, 3.05) is 6.61 Å². The van der Waals surface area contributed by atoms with Gasteiger partial charge in [0.1, 0.15) is 0 Å². The molecule has 0 bridgehead atoms. The number of nitrogens with one attached hydrogen (secondary N) is 1. The molecule has 5 nitrogen and oxygen atoms in total. The zero-order chi connectivity index (χ0) is 18.7. The van der Waals surface area contributed by atoms with Gasteiger partial charge in [-0.3, -0.25) is 4.79 Å². The van der Waals surface area contributed by atoms with Crippen LogP contribution in [0.1, 0.15) is 33.5 Å². The number of benzene rings is 2. The second kappa shape index (κ2) is 7.88. The zero-order valence-corrected chi connectivity index (χ0v) is 15.7. The third kappa shape index (κ3) is 3.99. The predicted molar refractivity (Wildman–Crippen MR) is 100 cm³/mol. The quantitative estimate of drug-likeness (QED) is 0.739. The first kappa shape index (κ1) is 19.0. The van der Waals surface area contributed by atoms with E-state index in [1.54, 1.807) is 12.1 Å². The number of carbonyl (C=O) groups excluding carboxylic acids is 1. The number of fused-ring (bicyclic) bond motifs is 1. The van der Waals surface area contributed by atoms with Crippen molar-refractivity contribution >= 4 is 27.9 Å². The average Bonchev–Trinajstić information content (AvgIpc) is 2.62. The van der Waals surface area contributed by atoms with Gasteiger partial charge in [0.25, 0.3) is 0 Å². The van der Waals surface area contributed by atoms with Gasteiger partial charge in [-0.05, 0) is 66.6 Å². The van der Waals surface area contributed by atoms with Crippen LogP contribution in [0.25, 0.3) is 0 Å². The molecular formula is C19H20ClNO4S. The zero-order valence-electron chi connectivity index (χ0n) is 14.1. The van der Waals surface area contributed by atoms with Crippen LogP contribution in [0.3, 0.4) is 0 Å². The van der Waals surface area contributed by atoms with Crippen molar-refractivity contribution < 1.29 is 18.3 Å². The average molecular weight is 394 g/mol. The molecule has 3 rings (SSSR count). The molecule has 2 aromatic carbocycles. The Morgan fingerprint density at radius 1 is 1.19 bits per heavy atom. The minimum atomic E-state index is -3.62. The van der Waals surface area contributed by atoms with E-state index < -0.39 is 10.0 Å². The van der Waals surface area contributed by atoms with E-state index >= 15 is 0 Å². The Labute approximate surface area is 158 Å². The number of halogens is 1. The van der Waals surface area contributed by atoms with Crippen LogP contribution >= 0.6 is 11.6 Å². The lowest BCUT2D eigenvalue weighted by atomic mass is 9.84. The van der Waals surface area contributed by atoms with Crippen molar-refractivity contribution in [1.29, 1.82) is 0 Å². The lowest BCUT2D eigenvalue weighted by molar-refractivity contribution is 0.112. The van der Waals surface area contributed by atoms with E-state index in [0.717, 1.165) is 23.0 Å². The molecule has 1 atom stereocenters. The highest BCUT2D eigenvalue weighted by Crippen LogP contribution is 2.27. The fraction of sp³-hybridized carbons (Fsp3) is 0.316. The summed E-state index contributed by atoms with van der Waals surface area (Å²) in [5.74, 6) is 0. The third-order valence-corrected chi connectivity index (χ3v) is 6.49. The number of carbonyl (C=O) groups is 1. The summed E-state index contributed by atoms with van der Waals surface area (Å²) in [5.41, 5.74) is 3.41. The van der Waals surface area contributed by atoms with Crippen molar-refractivity contribution in [1.82, 2.24) is 4.72 Å². The molecule has 0 amide bonds. The first-order chi connectivity index (χ1) is 12.4. The van der Waals surface area contributed by atoms with Crippen molar-refractivity contribution in [3.8, 4) is 0 Å². The van der Waals surface area contributed by atoms with E-state index in [4.69, 9.17) is 16.7 Å². The fourth-order valence-corrected chi connectivity index (χ4v) is 4.81. The Bertz CT molecular complexity index is 910. The van der Waals surface area contributed by atoms with Crippen LogP contribution < -0.4 is 4.72 Å². The van der Waals surface area contributed by atoms with Gasteiger partial charge in [-0.15, -0.1) is 0 Å². The van der Waals surface area contributed by atoms with Gasteiger partial charge in [0, 0.05) is 23.2 Å². The Morgan fingerprint density at radius 3 is 2.58 bits per heavy atom. The molecule has 26 heavy (non-hydrogen) atoms. The lowest BCUT2D eigenvalue weighted by Gasteiger charge is -2.27. The van der Waals surface area contributed by atoms with Gasteiger partial charge in [0.2, 0.25) is 10.0 Å². The van der Waals surface area contributed by atoms with Crippen LogP contribution in [0.2, 0.25) is 5.02 Å². The van der Waals surface area contributed by atoms with E-state index in [2.05, 4.69) is 4.72 Å². The van der Waals surface area contributed by atoms with Crippen molar-refractivity contribution in [3.63, 3.8) is 0 Å². The second-order valence-electron chi connectivity index (χ2n) is 6.38. The summed E-state index contributed by atoms with van der Waals surface area (Å²) in [6.45, 7) is -0.0108. The van der Waals surface area contributed by atoms with Crippen LogP contribution in [-0.4, -0.2) is 32.5 Å². The molecule has 0 saturated heterocycles. The monoisotopic (exact) mass is 393 g/mol. The van der Waals surface area contributed by atoms with E-state index in [1.807, 2.05) is 12.1 Å². The van der Waals surface area contributed by atoms with Gasteiger partial charge in [0.15, 0.2) is 6.29 Å². The molecule has 2 aromatic rings. The molecule has 0 aliphatic heterocycles. The van der Waals surface area contributed by atoms with Crippen LogP contribution in [-0.2, 0) is 29.3 Å². The van der Waals surface area contributed by atoms with Crippen LogP contribution in [0.4, 0.5) is 0 Å². The predicted octanol–water partition coefficient (Wildman–Crippen LogP) is 2.52. The Kier molecular flexibility index (Phi) is 5.77. The van der Waals surface area contributed by atoms with E-state index in [0.29, 0.717) is 36.3 Å². The van der Waals surface area contributed by atoms with Crippen LogP contribution in [0, 0.1) is 0 Å². The molecule has 0 fully saturated rings. The minimum absolute atomic E-state index is 0.0108. The summed E-state index contributed by atoms with van der Waals surface area (Å²) in [5, 5.41) is 9.62. The molecule has 1 aliphatic carbocycles. The van der Waals surface area contributed by atoms with Crippen LogP contribution in [0.15, 0.2) is 41.3 Å². The maximum atomic E-state index is 12.5. The maximum Gasteiger partial charge on any atom is 0.240 e. The molecule has 0 heterocycles. The molecular weight excluding hydrogens is 374 g/mol. The minimum Gasteiger partial charge on any atom is -0.396 e. The summed E-state index contributed by atoms with van der Waals surface area (Å²) >= 11 is 5.81. The summed E-state index contributed by atoms with van der Waals surface area (Å²) in [7, 11) is -3.62. The van der Waals surface area contributed by atoms with Gasteiger partial charge < -0.3 is 5.11 Å². The molecule has 0 saturated carbocycles. The van der Waals surface area contributed by atoms with E-state index in [9.17, 15) is 13.2 Å². The summed E-state index contributed by atoms with van der Waals surface area (Å²) in [6.07, 6.45) is 3.04. The molecule has 0 spiro atoms. The molecule has 0 aromatic heterocycles. The smallest absolute Gasteiger partial charge is 0.240 e. The molecule has 1 aliphatic rings. The van der Waals surface area contributed by atoms with Gasteiger partial charge in [0.05, 0.1) is 4.90 Å². The van der Waals surface area contributed by atoms with Crippen molar-refractivity contribution in [2.45, 2.75) is 36.6 Å². The Hall–Kier alpha value is -1.73. The standard InChI is InChI=1S/C19H20ClNO4S/c20-15-3-6-17(7-4-15)26(24,25)21-16-5-8-18-14(11-16)2-1-13(9-10-22)19(18)12-23/h1-4,6-7,12,16,21-22H,5,8-11H2. The summed E-state index contributed by atoms with van der Waals surface area (Å²) in [6, 6.07) is 9.59. The summed E-state index contributed by atoms with van der Waals surface area (Å²) < 4.78 is 27.8. The Morgan fingerprint density at radius 2 is 1.92 bits per heavy atom. The van der Waals surface area contributed by atoms with Crippen molar-refractivity contribution in [2.24, 2.45) is 0 Å². The molecule has 7 heteroatoms. The highest BCUT2D eigenvalue weighted by Gasteiger charge is 2.26. The highest BCUT2D eigenvalue weighted by atomic mass is 35.5. The normalized spacial score (nSPS) is 16.9. The fourth-order valence-electron chi connectivity index (χ4n) is 3.42. The largest absolute Gasteiger partial charge is 0.396 e. The van der Waals surface area contributed by atoms with Gasteiger partial charge in [-0.1, -0.05) is 23.7 Å². The number of sulfonamides is 1. The molecule has 138 valence electrons. The first-order valence-electron chi connectivity index (χ1n) is 8.42. The maximum absolute atomic E-state index is 12.5. The Balaban J connectivity index is 1.80. The topological polar surface area (TPSA) is 83.5 Å². The number of aliphatic hydroxyl groups excluding tert-OH is 1. The third-order valence-electron chi connectivity index (χ3n) is 4.70. The SMILES string of the molecule is O=Cc1c(CCO)ccc2c1CCC(NS(=O)(=O)c1ccc(Cl)cc1)C2. The number of hydrogen-bond acceptors (Lipinski definition) is 4. The van der Waals surface area contributed by atoms with Crippen LogP contribution in [0.5, 0.6) is 0 Å². The number of aliphatic hydroxyl groups is 1. The highest BCUT2D eigenvalue weighted by molar-refractivity contribution is 7.89. The second-order valence-corrected chi connectivity index (χ2v) is 8.53. The molecule has 1 unspecified atom stereocenters. The number of rotatable bonds is 6. The lowest BCUT2D eigenvalue weighted by Crippen LogP contribution is -2.39. The van der Waals surface area contributed by atoms with E-state index in [-0.39, 0.29) is 17.5 Å². The van der Waals surface area contributed by atoms with Gasteiger partial charge in [-0.2, -0.15) is 0 Å². The van der Waals surface area contributed by atoms with Crippen molar-refractivity contribution in [3.05, 3.63) is 63.7 Å². The number of aldehydes is 1. The molecule has 0 radical (unpaired) electrons. The van der Waals surface area contributed by atoms with E-state index in [1.165, 1.54) is 12.1 Å². The summed E-state index contributed by atoms with van der Waals surface area (Å²) in [4.78, 5) is 11.7. The molecule has 2 N–H and O–H groups in total.